The van der Waals surface area contributed by atoms with E-state index in [9.17, 15) is 13.2 Å². The Morgan fingerprint density at radius 1 is 1.33 bits per heavy atom. The van der Waals surface area contributed by atoms with Crippen LogP contribution in [0.3, 0.4) is 0 Å². The summed E-state index contributed by atoms with van der Waals surface area (Å²) < 4.78 is 27.2. The van der Waals surface area contributed by atoms with Gasteiger partial charge >= 0.3 is 5.97 Å². The molecule has 1 heterocycles. The van der Waals surface area contributed by atoms with E-state index in [1.54, 1.807) is 13.8 Å². The number of sulfonamides is 1. The number of hydrogen-bond acceptors (Lipinski definition) is 4. The van der Waals surface area contributed by atoms with Crippen LogP contribution in [0.2, 0.25) is 0 Å². The zero-order valence-electron chi connectivity index (χ0n) is 11.5. The molecular weight excluding hydrogens is 310 g/mol. The average Bonchev–Trinajstić information content (AvgIpc) is 2.92. The highest BCUT2D eigenvalue weighted by atomic mass is 32.2. The zero-order chi connectivity index (χ0) is 15.6. The first-order chi connectivity index (χ1) is 9.81. The van der Waals surface area contributed by atoms with Crippen molar-refractivity contribution in [3.8, 4) is 0 Å². The highest BCUT2D eigenvalue weighted by Gasteiger charge is 2.21. The fraction of sp³-hybridized carbons (Fsp3) is 0.214. The summed E-state index contributed by atoms with van der Waals surface area (Å²) in [5.41, 5.74) is 0.509. The van der Waals surface area contributed by atoms with E-state index in [0.29, 0.717) is 5.56 Å². The molecule has 0 saturated carbocycles. The Kier molecular flexibility index (Phi) is 4.46. The molecule has 2 aromatic rings. The largest absolute Gasteiger partial charge is 0.478 e. The number of aryl methyl sites for hydroxylation is 1. The Balaban J connectivity index is 2.32. The minimum Gasteiger partial charge on any atom is -0.478 e. The van der Waals surface area contributed by atoms with Crippen LogP contribution in [0.25, 0.3) is 0 Å². The SMILES string of the molecule is Cc1ccc(S(=O)(=O)N[C@@H](C)c2cccs2)cc1C(=O)O. The summed E-state index contributed by atoms with van der Waals surface area (Å²) in [5, 5.41) is 10.9. The number of thiophene rings is 1. The zero-order valence-corrected chi connectivity index (χ0v) is 13.2. The molecule has 2 N–H and O–H groups in total. The third kappa shape index (κ3) is 3.49. The summed E-state index contributed by atoms with van der Waals surface area (Å²) in [4.78, 5) is 11.9. The van der Waals surface area contributed by atoms with Crippen LogP contribution in [0.15, 0.2) is 40.6 Å². The maximum absolute atomic E-state index is 12.3. The van der Waals surface area contributed by atoms with Crippen LogP contribution < -0.4 is 4.72 Å². The normalized spacial score (nSPS) is 13.0. The highest BCUT2D eigenvalue weighted by molar-refractivity contribution is 7.89. The van der Waals surface area contributed by atoms with Crippen molar-refractivity contribution in [2.45, 2.75) is 24.8 Å². The van der Waals surface area contributed by atoms with Gasteiger partial charge in [0.15, 0.2) is 0 Å². The summed E-state index contributed by atoms with van der Waals surface area (Å²) in [6.07, 6.45) is 0. The van der Waals surface area contributed by atoms with Gasteiger partial charge < -0.3 is 5.11 Å². The number of carbonyl (C=O) groups is 1. The summed E-state index contributed by atoms with van der Waals surface area (Å²) in [6.45, 7) is 3.37. The lowest BCUT2D eigenvalue weighted by Gasteiger charge is -2.13. The molecule has 1 aromatic carbocycles. The highest BCUT2D eigenvalue weighted by Crippen LogP contribution is 2.22. The topological polar surface area (TPSA) is 83.5 Å². The van der Waals surface area contributed by atoms with Crippen LogP contribution in [-0.2, 0) is 10.0 Å². The van der Waals surface area contributed by atoms with E-state index in [1.165, 1.54) is 29.5 Å². The first-order valence-corrected chi connectivity index (χ1v) is 8.57. The average molecular weight is 325 g/mol. The second-order valence-electron chi connectivity index (χ2n) is 4.64. The predicted molar refractivity (Wildman–Crippen MR) is 81.2 cm³/mol. The van der Waals surface area contributed by atoms with Crippen molar-refractivity contribution < 1.29 is 18.3 Å². The molecule has 21 heavy (non-hydrogen) atoms. The van der Waals surface area contributed by atoms with Crippen molar-refractivity contribution in [1.29, 1.82) is 0 Å². The smallest absolute Gasteiger partial charge is 0.335 e. The minimum atomic E-state index is -3.77. The Morgan fingerprint density at radius 3 is 2.62 bits per heavy atom. The molecule has 0 aliphatic heterocycles. The molecule has 0 radical (unpaired) electrons. The van der Waals surface area contributed by atoms with E-state index in [1.807, 2.05) is 17.5 Å². The Bertz CT molecular complexity index is 751. The fourth-order valence-electron chi connectivity index (χ4n) is 1.90. The lowest BCUT2D eigenvalue weighted by atomic mass is 10.1. The van der Waals surface area contributed by atoms with E-state index >= 15 is 0 Å². The molecule has 0 spiro atoms. The van der Waals surface area contributed by atoms with E-state index < -0.39 is 16.0 Å². The van der Waals surface area contributed by atoms with E-state index in [2.05, 4.69) is 4.72 Å². The van der Waals surface area contributed by atoms with Gasteiger partial charge in [-0.2, -0.15) is 0 Å². The Hall–Kier alpha value is -1.70. The number of aromatic carboxylic acids is 1. The summed E-state index contributed by atoms with van der Waals surface area (Å²) in [6, 6.07) is 7.40. The van der Waals surface area contributed by atoms with E-state index in [0.717, 1.165) is 4.88 Å². The molecule has 0 aliphatic carbocycles. The lowest BCUT2D eigenvalue weighted by molar-refractivity contribution is 0.0696. The monoisotopic (exact) mass is 325 g/mol. The maximum Gasteiger partial charge on any atom is 0.335 e. The maximum atomic E-state index is 12.3. The molecule has 2 rings (SSSR count). The standard InChI is InChI=1S/C14H15NO4S2/c1-9-5-6-11(8-12(9)14(16)17)21(18,19)15-10(2)13-4-3-7-20-13/h3-8,10,15H,1-2H3,(H,16,17)/t10-/m0/s1. The van der Waals surface area contributed by atoms with Gasteiger partial charge in [-0.25, -0.2) is 17.9 Å². The van der Waals surface area contributed by atoms with Crippen molar-refractivity contribution in [2.75, 3.05) is 0 Å². The number of rotatable bonds is 5. The van der Waals surface area contributed by atoms with Gasteiger partial charge in [-0.15, -0.1) is 11.3 Å². The second kappa shape index (κ2) is 5.97. The van der Waals surface area contributed by atoms with Crippen LogP contribution in [0, 0.1) is 6.92 Å². The molecule has 0 bridgehead atoms. The molecule has 1 aromatic heterocycles. The number of benzene rings is 1. The van der Waals surface area contributed by atoms with Gasteiger partial charge in [0.1, 0.15) is 0 Å². The molecule has 0 aliphatic rings. The molecule has 0 fully saturated rings. The molecule has 112 valence electrons. The van der Waals surface area contributed by atoms with E-state index in [-0.39, 0.29) is 16.5 Å². The summed E-state index contributed by atoms with van der Waals surface area (Å²) in [7, 11) is -3.77. The van der Waals surface area contributed by atoms with Crippen molar-refractivity contribution in [3.63, 3.8) is 0 Å². The van der Waals surface area contributed by atoms with Crippen molar-refractivity contribution in [2.24, 2.45) is 0 Å². The molecule has 5 nitrogen and oxygen atoms in total. The van der Waals surface area contributed by atoms with Crippen molar-refractivity contribution in [3.05, 3.63) is 51.7 Å². The van der Waals surface area contributed by atoms with Gasteiger partial charge in [0.25, 0.3) is 0 Å². The van der Waals surface area contributed by atoms with Crippen molar-refractivity contribution >= 4 is 27.3 Å². The van der Waals surface area contributed by atoms with Gasteiger partial charge in [0, 0.05) is 4.88 Å². The second-order valence-corrected chi connectivity index (χ2v) is 7.33. The molecule has 0 saturated heterocycles. The fourth-order valence-corrected chi connectivity index (χ4v) is 3.95. The van der Waals surface area contributed by atoms with Crippen molar-refractivity contribution in [1.82, 2.24) is 4.72 Å². The third-order valence-corrected chi connectivity index (χ3v) is 5.65. The molecule has 0 amide bonds. The molecule has 1 atom stereocenters. The van der Waals surface area contributed by atoms with Crippen LogP contribution in [0.4, 0.5) is 0 Å². The summed E-state index contributed by atoms with van der Waals surface area (Å²) in [5.74, 6) is -1.14. The number of hydrogen-bond donors (Lipinski definition) is 2. The summed E-state index contributed by atoms with van der Waals surface area (Å²) >= 11 is 1.46. The van der Waals surface area contributed by atoms with Gasteiger partial charge in [0.05, 0.1) is 16.5 Å². The molecular formula is C14H15NO4S2. The van der Waals surface area contributed by atoms with Gasteiger partial charge in [-0.1, -0.05) is 12.1 Å². The van der Waals surface area contributed by atoms with Crippen LogP contribution in [0.1, 0.15) is 33.8 Å². The number of nitrogens with one attached hydrogen (secondary N) is 1. The van der Waals surface area contributed by atoms with Crippen LogP contribution in [0.5, 0.6) is 0 Å². The van der Waals surface area contributed by atoms with Crippen LogP contribution in [-0.4, -0.2) is 19.5 Å². The first kappa shape index (κ1) is 15.7. The predicted octanol–water partition coefficient (Wildman–Crippen LogP) is 2.79. The molecule has 7 heteroatoms. The van der Waals surface area contributed by atoms with Gasteiger partial charge in [-0.3, -0.25) is 0 Å². The molecule has 0 unspecified atom stereocenters. The first-order valence-electron chi connectivity index (χ1n) is 6.21. The Morgan fingerprint density at radius 2 is 2.05 bits per heavy atom. The van der Waals surface area contributed by atoms with E-state index in [4.69, 9.17) is 5.11 Å². The van der Waals surface area contributed by atoms with Crippen LogP contribution >= 0.6 is 11.3 Å². The van der Waals surface area contributed by atoms with Gasteiger partial charge in [-0.05, 0) is 43.0 Å². The Labute approximate surface area is 127 Å². The lowest BCUT2D eigenvalue weighted by Crippen LogP contribution is -2.26. The van der Waals surface area contributed by atoms with Gasteiger partial charge in [0.2, 0.25) is 10.0 Å². The quantitative estimate of drug-likeness (QED) is 0.885. The number of carboxylic acid groups (broad SMARTS) is 1. The third-order valence-electron chi connectivity index (χ3n) is 3.05. The number of carboxylic acids is 1. The minimum absolute atomic E-state index is 0.0124.